The standard InChI is InChI=1S/C12H16BrN3S/c1-9(8-16-7-3-6-14-16)15-10(2)11-4-5-12(13)17-11/h3-7,9-10,15H,8H2,1-2H3. The zero-order valence-electron chi connectivity index (χ0n) is 9.93. The van der Waals surface area contributed by atoms with Gasteiger partial charge in [0.2, 0.25) is 0 Å². The summed E-state index contributed by atoms with van der Waals surface area (Å²) >= 11 is 5.27. The maximum absolute atomic E-state index is 4.21. The van der Waals surface area contributed by atoms with E-state index in [1.165, 1.54) is 8.66 Å². The minimum atomic E-state index is 0.372. The molecule has 5 heteroatoms. The van der Waals surface area contributed by atoms with Crippen LogP contribution in [0.15, 0.2) is 34.4 Å². The lowest BCUT2D eigenvalue weighted by atomic mass is 10.2. The molecule has 0 saturated heterocycles. The highest BCUT2D eigenvalue weighted by molar-refractivity contribution is 9.11. The molecule has 0 aliphatic carbocycles. The third-order valence-corrected chi connectivity index (χ3v) is 4.38. The largest absolute Gasteiger partial charge is 0.305 e. The molecule has 2 rings (SSSR count). The maximum atomic E-state index is 4.21. The van der Waals surface area contributed by atoms with Gasteiger partial charge in [-0.1, -0.05) is 0 Å². The summed E-state index contributed by atoms with van der Waals surface area (Å²) in [6.07, 6.45) is 3.80. The molecule has 0 aliphatic rings. The van der Waals surface area contributed by atoms with Crippen LogP contribution in [0.5, 0.6) is 0 Å². The first-order chi connectivity index (χ1) is 8.15. The fourth-order valence-corrected chi connectivity index (χ4v) is 3.25. The third-order valence-electron chi connectivity index (χ3n) is 2.58. The molecule has 0 aliphatic heterocycles. The van der Waals surface area contributed by atoms with Gasteiger partial charge in [0.25, 0.3) is 0 Å². The Morgan fingerprint density at radius 3 is 2.88 bits per heavy atom. The first-order valence-corrected chi connectivity index (χ1v) is 7.25. The minimum Gasteiger partial charge on any atom is -0.305 e. The Labute approximate surface area is 114 Å². The quantitative estimate of drug-likeness (QED) is 0.916. The van der Waals surface area contributed by atoms with Crippen molar-refractivity contribution in [1.82, 2.24) is 15.1 Å². The van der Waals surface area contributed by atoms with Gasteiger partial charge < -0.3 is 5.32 Å². The summed E-state index contributed by atoms with van der Waals surface area (Å²) in [5.74, 6) is 0. The van der Waals surface area contributed by atoms with Crippen molar-refractivity contribution in [2.45, 2.75) is 32.5 Å². The highest BCUT2D eigenvalue weighted by Crippen LogP contribution is 2.27. The molecule has 2 aromatic heterocycles. The van der Waals surface area contributed by atoms with Gasteiger partial charge >= 0.3 is 0 Å². The van der Waals surface area contributed by atoms with Crippen LogP contribution in [0.2, 0.25) is 0 Å². The van der Waals surface area contributed by atoms with E-state index in [1.54, 1.807) is 11.3 Å². The first kappa shape index (κ1) is 12.8. The van der Waals surface area contributed by atoms with Crippen molar-refractivity contribution in [3.63, 3.8) is 0 Å². The number of nitrogens with zero attached hydrogens (tertiary/aromatic N) is 2. The Bertz CT molecular complexity index is 452. The fraction of sp³-hybridized carbons (Fsp3) is 0.417. The normalized spacial score (nSPS) is 14.8. The molecule has 17 heavy (non-hydrogen) atoms. The van der Waals surface area contributed by atoms with Gasteiger partial charge in [0.1, 0.15) is 0 Å². The van der Waals surface area contributed by atoms with E-state index < -0.39 is 0 Å². The van der Waals surface area contributed by atoms with Crippen molar-refractivity contribution in [1.29, 1.82) is 0 Å². The predicted molar refractivity (Wildman–Crippen MR) is 75.3 cm³/mol. The van der Waals surface area contributed by atoms with Crippen LogP contribution in [0.4, 0.5) is 0 Å². The molecule has 2 atom stereocenters. The summed E-state index contributed by atoms with van der Waals surface area (Å²) < 4.78 is 3.13. The predicted octanol–water partition coefficient (Wildman–Crippen LogP) is 3.45. The summed E-state index contributed by atoms with van der Waals surface area (Å²) in [5.41, 5.74) is 0. The van der Waals surface area contributed by atoms with Gasteiger partial charge in [-0.05, 0) is 48.0 Å². The summed E-state index contributed by atoms with van der Waals surface area (Å²) in [6.45, 7) is 5.27. The van der Waals surface area contributed by atoms with Gasteiger partial charge in [0, 0.05) is 29.4 Å². The fourth-order valence-electron chi connectivity index (χ4n) is 1.81. The van der Waals surface area contributed by atoms with Crippen LogP contribution in [-0.2, 0) is 6.54 Å². The van der Waals surface area contributed by atoms with E-state index in [2.05, 4.69) is 52.3 Å². The van der Waals surface area contributed by atoms with Gasteiger partial charge in [-0.15, -0.1) is 11.3 Å². The van der Waals surface area contributed by atoms with Crippen LogP contribution < -0.4 is 5.32 Å². The molecule has 92 valence electrons. The molecule has 2 heterocycles. The van der Waals surface area contributed by atoms with E-state index >= 15 is 0 Å². The second-order valence-corrected chi connectivity index (χ2v) is 6.65. The second-order valence-electron chi connectivity index (χ2n) is 4.16. The number of nitrogens with one attached hydrogen (secondary N) is 1. The number of rotatable bonds is 5. The van der Waals surface area contributed by atoms with Crippen molar-refractivity contribution >= 4 is 27.3 Å². The summed E-state index contributed by atoms with van der Waals surface area (Å²) in [4.78, 5) is 1.35. The summed E-state index contributed by atoms with van der Waals surface area (Å²) in [6, 6.07) is 6.97. The zero-order valence-corrected chi connectivity index (χ0v) is 12.3. The lowest BCUT2D eigenvalue weighted by molar-refractivity contribution is 0.415. The van der Waals surface area contributed by atoms with Crippen LogP contribution >= 0.6 is 27.3 Å². The summed E-state index contributed by atoms with van der Waals surface area (Å²) in [5, 5.41) is 7.79. The molecule has 0 amide bonds. The van der Waals surface area contributed by atoms with Gasteiger partial charge in [-0.2, -0.15) is 5.10 Å². The SMILES string of the molecule is CC(Cn1cccn1)NC(C)c1ccc(Br)s1. The van der Waals surface area contributed by atoms with E-state index in [4.69, 9.17) is 0 Å². The molecule has 0 saturated carbocycles. The van der Waals surface area contributed by atoms with Crippen molar-refractivity contribution in [2.24, 2.45) is 0 Å². The van der Waals surface area contributed by atoms with E-state index in [0.717, 1.165) is 6.54 Å². The molecule has 3 nitrogen and oxygen atoms in total. The minimum absolute atomic E-state index is 0.372. The van der Waals surface area contributed by atoms with Gasteiger partial charge in [-0.3, -0.25) is 4.68 Å². The molecule has 0 spiro atoms. The van der Waals surface area contributed by atoms with Gasteiger partial charge in [-0.25, -0.2) is 0 Å². The lowest BCUT2D eigenvalue weighted by Gasteiger charge is -2.19. The van der Waals surface area contributed by atoms with E-state index in [0.29, 0.717) is 12.1 Å². The zero-order chi connectivity index (χ0) is 12.3. The number of aromatic nitrogens is 2. The average molecular weight is 314 g/mol. The second kappa shape index (κ2) is 5.80. The van der Waals surface area contributed by atoms with Crippen LogP contribution in [0, 0.1) is 0 Å². The molecule has 0 aromatic carbocycles. The number of halogens is 1. The Morgan fingerprint density at radius 2 is 2.29 bits per heavy atom. The Hall–Kier alpha value is -0.650. The molecule has 2 unspecified atom stereocenters. The lowest BCUT2D eigenvalue weighted by Crippen LogP contribution is -2.32. The van der Waals surface area contributed by atoms with Crippen LogP contribution in [-0.4, -0.2) is 15.8 Å². The number of thiophene rings is 1. The van der Waals surface area contributed by atoms with Crippen LogP contribution in [0.25, 0.3) is 0 Å². The number of hydrogen-bond donors (Lipinski definition) is 1. The summed E-state index contributed by atoms with van der Waals surface area (Å²) in [7, 11) is 0. The van der Waals surface area contributed by atoms with Crippen molar-refractivity contribution in [3.05, 3.63) is 39.3 Å². The van der Waals surface area contributed by atoms with Gasteiger partial charge in [0.05, 0.1) is 10.3 Å². The number of hydrogen-bond acceptors (Lipinski definition) is 3. The average Bonchev–Trinajstić information content (AvgIpc) is 2.89. The molecule has 0 fully saturated rings. The van der Waals surface area contributed by atoms with Crippen molar-refractivity contribution in [2.75, 3.05) is 0 Å². The first-order valence-electron chi connectivity index (χ1n) is 5.64. The molecule has 2 aromatic rings. The van der Waals surface area contributed by atoms with E-state index in [9.17, 15) is 0 Å². The Balaban J connectivity index is 1.88. The maximum Gasteiger partial charge on any atom is 0.0701 e. The Morgan fingerprint density at radius 1 is 1.47 bits per heavy atom. The van der Waals surface area contributed by atoms with E-state index in [-0.39, 0.29) is 0 Å². The van der Waals surface area contributed by atoms with E-state index in [1.807, 2.05) is 23.1 Å². The molecular weight excluding hydrogens is 298 g/mol. The highest BCUT2D eigenvalue weighted by atomic mass is 79.9. The highest BCUT2D eigenvalue weighted by Gasteiger charge is 2.11. The smallest absolute Gasteiger partial charge is 0.0701 e. The molecule has 0 radical (unpaired) electrons. The van der Waals surface area contributed by atoms with Gasteiger partial charge in [0.15, 0.2) is 0 Å². The topological polar surface area (TPSA) is 29.9 Å². The Kier molecular flexibility index (Phi) is 4.36. The monoisotopic (exact) mass is 313 g/mol. The third kappa shape index (κ3) is 3.66. The van der Waals surface area contributed by atoms with Crippen LogP contribution in [0.3, 0.4) is 0 Å². The van der Waals surface area contributed by atoms with Crippen LogP contribution in [0.1, 0.15) is 24.8 Å². The molecule has 1 N–H and O–H groups in total. The molecule has 0 bridgehead atoms. The van der Waals surface area contributed by atoms with Crippen molar-refractivity contribution in [3.8, 4) is 0 Å². The molecular formula is C12H16BrN3S. The van der Waals surface area contributed by atoms with Crippen molar-refractivity contribution < 1.29 is 0 Å².